The van der Waals surface area contributed by atoms with E-state index in [1.807, 2.05) is 66.9 Å². The van der Waals surface area contributed by atoms with Crippen LogP contribution in [0.25, 0.3) is 10.2 Å². The maximum atomic E-state index is 11.5. The molecule has 32 heavy (non-hydrogen) atoms. The second-order valence-electron chi connectivity index (χ2n) is 7.64. The number of rotatable bonds is 10. The third kappa shape index (κ3) is 5.33. The Labute approximate surface area is 190 Å². The number of hydrogen-bond donors (Lipinski definition) is 1. The maximum Gasteiger partial charge on any atom is 0.268 e. The topological polar surface area (TPSA) is 92.3 Å². The van der Waals surface area contributed by atoms with Gasteiger partial charge in [0, 0.05) is 18.7 Å². The van der Waals surface area contributed by atoms with Crippen molar-refractivity contribution in [1.29, 1.82) is 0 Å². The number of nitrogens with two attached hydrogens (primary N) is 1. The van der Waals surface area contributed by atoms with Gasteiger partial charge in [-0.05, 0) is 31.5 Å². The highest BCUT2D eigenvalue weighted by atomic mass is 32.1. The minimum atomic E-state index is -0.552. The molecule has 4 aromatic rings. The normalized spacial score (nSPS) is 13.2. The summed E-state index contributed by atoms with van der Waals surface area (Å²) in [5.41, 5.74) is 7.67. The van der Waals surface area contributed by atoms with Crippen LogP contribution in [0, 0.1) is 6.92 Å². The smallest absolute Gasteiger partial charge is 0.268 e. The zero-order valence-electron chi connectivity index (χ0n) is 18.1. The molecule has 0 aliphatic rings. The molecule has 0 unspecified atom stereocenters. The predicted molar refractivity (Wildman–Crippen MR) is 125 cm³/mol. The van der Waals surface area contributed by atoms with Crippen molar-refractivity contribution in [3.05, 3.63) is 77.3 Å². The number of benzene rings is 2. The van der Waals surface area contributed by atoms with E-state index in [2.05, 4.69) is 9.97 Å². The molecule has 0 fully saturated rings. The van der Waals surface area contributed by atoms with Crippen molar-refractivity contribution < 1.29 is 14.3 Å². The van der Waals surface area contributed by atoms with E-state index in [0.29, 0.717) is 19.6 Å². The fraction of sp³-hybridized carbons (Fsp3) is 0.292. The minimum Gasteiger partial charge on any atom is -0.493 e. The zero-order chi connectivity index (χ0) is 22.5. The quantitative estimate of drug-likeness (QED) is 0.384. The molecule has 0 saturated heterocycles. The number of hydrogen-bond acceptors (Lipinski definition) is 6. The lowest BCUT2D eigenvalue weighted by Crippen LogP contribution is -2.25. The Hall–Kier alpha value is -3.23. The van der Waals surface area contributed by atoms with Crippen LogP contribution in [0.2, 0.25) is 0 Å². The van der Waals surface area contributed by atoms with Gasteiger partial charge in [0.05, 0.1) is 46.9 Å². The van der Waals surface area contributed by atoms with Crippen molar-refractivity contribution in [2.24, 2.45) is 5.73 Å². The molecule has 0 radical (unpaired) electrons. The number of aromatic nitrogens is 3. The lowest BCUT2D eigenvalue weighted by molar-refractivity contribution is 0.0113. The molecule has 0 aliphatic heterocycles. The van der Waals surface area contributed by atoms with E-state index in [0.717, 1.165) is 26.5 Å². The van der Waals surface area contributed by atoms with Crippen molar-refractivity contribution >= 4 is 27.5 Å². The number of carbonyl (C=O) groups is 1. The Balaban J connectivity index is 1.44. The van der Waals surface area contributed by atoms with Gasteiger partial charge in [0.2, 0.25) is 0 Å². The van der Waals surface area contributed by atoms with Crippen LogP contribution in [0.4, 0.5) is 0 Å². The lowest BCUT2D eigenvalue weighted by atomic mass is 10.1. The summed E-state index contributed by atoms with van der Waals surface area (Å²) in [6, 6.07) is 15.9. The van der Waals surface area contributed by atoms with Crippen molar-refractivity contribution in [3.63, 3.8) is 0 Å². The number of thiazole rings is 1. The SMILES string of the molecule is Cc1nc2cc(OCC[C@H]([C@H](C)OCc3ccccc3)n3cnc(C(N)=O)c3)ccc2s1. The van der Waals surface area contributed by atoms with Gasteiger partial charge in [-0.2, -0.15) is 0 Å². The zero-order valence-corrected chi connectivity index (χ0v) is 18.9. The molecule has 1 amide bonds. The van der Waals surface area contributed by atoms with Crippen molar-refractivity contribution in [2.75, 3.05) is 6.61 Å². The standard InChI is InChI=1S/C24H26N4O3S/c1-16(31-14-18-6-4-3-5-7-18)22(28-13-21(24(25)29)26-15-28)10-11-30-19-8-9-23-20(12-19)27-17(2)32-23/h3-9,12-13,15-16,22H,10-11,14H2,1-2H3,(H2,25,29)/t16-,22+/m0/s1. The molecule has 0 aliphatic carbocycles. The molecule has 4 rings (SSSR count). The fourth-order valence-electron chi connectivity index (χ4n) is 3.59. The molecule has 8 heteroatoms. The van der Waals surface area contributed by atoms with E-state index in [1.54, 1.807) is 23.9 Å². The van der Waals surface area contributed by atoms with Gasteiger partial charge in [-0.3, -0.25) is 4.79 Å². The number of fused-ring (bicyclic) bond motifs is 1. The summed E-state index contributed by atoms with van der Waals surface area (Å²) in [6.07, 6.45) is 3.81. The van der Waals surface area contributed by atoms with E-state index in [9.17, 15) is 4.79 Å². The minimum absolute atomic E-state index is 0.0791. The Morgan fingerprint density at radius 1 is 1.22 bits per heavy atom. The van der Waals surface area contributed by atoms with Crippen LogP contribution in [0.15, 0.2) is 61.1 Å². The van der Waals surface area contributed by atoms with E-state index in [1.165, 1.54) is 0 Å². The van der Waals surface area contributed by atoms with Crippen molar-refractivity contribution in [2.45, 2.75) is 39.0 Å². The van der Waals surface area contributed by atoms with Gasteiger partial charge < -0.3 is 19.8 Å². The molecule has 7 nitrogen and oxygen atoms in total. The van der Waals surface area contributed by atoms with E-state index in [4.69, 9.17) is 15.2 Å². The van der Waals surface area contributed by atoms with Crippen LogP contribution in [-0.4, -0.2) is 33.2 Å². The van der Waals surface area contributed by atoms with Gasteiger partial charge in [-0.15, -0.1) is 11.3 Å². The van der Waals surface area contributed by atoms with Crippen molar-refractivity contribution in [1.82, 2.24) is 14.5 Å². The summed E-state index contributed by atoms with van der Waals surface area (Å²) in [4.78, 5) is 20.2. The lowest BCUT2D eigenvalue weighted by Gasteiger charge is -2.25. The second kappa shape index (κ2) is 9.93. The van der Waals surface area contributed by atoms with Gasteiger partial charge in [-0.25, -0.2) is 9.97 Å². The van der Waals surface area contributed by atoms with Crippen LogP contribution >= 0.6 is 11.3 Å². The molecule has 0 bridgehead atoms. The highest BCUT2D eigenvalue weighted by molar-refractivity contribution is 7.18. The number of aryl methyl sites for hydroxylation is 1. The number of imidazole rings is 1. The van der Waals surface area contributed by atoms with Crippen LogP contribution in [-0.2, 0) is 11.3 Å². The van der Waals surface area contributed by atoms with Gasteiger partial charge >= 0.3 is 0 Å². The number of amides is 1. The monoisotopic (exact) mass is 450 g/mol. The summed E-state index contributed by atoms with van der Waals surface area (Å²) < 4.78 is 15.2. The van der Waals surface area contributed by atoms with Crippen molar-refractivity contribution in [3.8, 4) is 5.75 Å². The Bertz CT molecular complexity index is 1190. The highest BCUT2D eigenvalue weighted by Gasteiger charge is 2.21. The molecule has 0 saturated carbocycles. The number of primary amides is 1. The molecule has 2 atom stereocenters. The molecule has 0 spiro atoms. The first-order valence-corrected chi connectivity index (χ1v) is 11.3. The van der Waals surface area contributed by atoms with Crippen LogP contribution < -0.4 is 10.5 Å². The van der Waals surface area contributed by atoms with Gasteiger partial charge in [0.15, 0.2) is 0 Å². The van der Waals surface area contributed by atoms with E-state index < -0.39 is 5.91 Å². The average molecular weight is 451 g/mol. The third-order valence-corrected chi connectivity index (χ3v) is 6.23. The fourth-order valence-corrected chi connectivity index (χ4v) is 4.40. The van der Waals surface area contributed by atoms with E-state index in [-0.39, 0.29) is 17.8 Å². The van der Waals surface area contributed by atoms with Crippen LogP contribution in [0.1, 0.15) is 40.4 Å². The molecule has 2 aromatic heterocycles. The molecule has 2 N–H and O–H groups in total. The first-order valence-electron chi connectivity index (χ1n) is 10.5. The highest BCUT2D eigenvalue weighted by Crippen LogP contribution is 2.27. The molecular formula is C24H26N4O3S. The van der Waals surface area contributed by atoms with E-state index >= 15 is 0 Å². The Kier molecular flexibility index (Phi) is 6.82. The van der Waals surface area contributed by atoms with Gasteiger partial charge in [0.25, 0.3) is 5.91 Å². The molecule has 166 valence electrons. The molecule has 2 aromatic carbocycles. The summed E-state index contributed by atoms with van der Waals surface area (Å²) in [5.74, 6) is 0.228. The molecule has 2 heterocycles. The summed E-state index contributed by atoms with van der Waals surface area (Å²) in [6.45, 7) is 4.98. The Morgan fingerprint density at radius 3 is 2.78 bits per heavy atom. The predicted octanol–water partition coefficient (Wildman–Crippen LogP) is 4.52. The number of nitrogens with zero attached hydrogens (tertiary/aromatic N) is 3. The number of ether oxygens (including phenoxy) is 2. The number of carbonyl (C=O) groups excluding carboxylic acids is 1. The first-order chi connectivity index (χ1) is 15.5. The summed E-state index contributed by atoms with van der Waals surface area (Å²) in [7, 11) is 0. The summed E-state index contributed by atoms with van der Waals surface area (Å²) >= 11 is 1.67. The van der Waals surface area contributed by atoms with Gasteiger partial charge in [0.1, 0.15) is 11.4 Å². The second-order valence-corrected chi connectivity index (χ2v) is 8.87. The largest absolute Gasteiger partial charge is 0.493 e. The first kappa shape index (κ1) is 22.0. The average Bonchev–Trinajstić information content (AvgIpc) is 3.41. The van der Waals surface area contributed by atoms with Crippen LogP contribution in [0.5, 0.6) is 5.75 Å². The molecular weight excluding hydrogens is 424 g/mol. The third-order valence-electron chi connectivity index (χ3n) is 5.28. The van der Waals surface area contributed by atoms with Gasteiger partial charge in [-0.1, -0.05) is 30.3 Å². The Morgan fingerprint density at radius 2 is 2.03 bits per heavy atom. The summed E-state index contributed by atoms with van der Waals surface area (Å²) in [5, 5.41) is 1.03. The van der Waals surface area contributed by atoms with Crippen LogP contribution in [0.3, 0.4) is 0 Å². The maximum absolute atomic E-state index is 11.5.